The number of nitrogens with zero attached hydrogens (tertiary/aromatic N) is 1. The van der Waals surface area contributed by atoms with Crippen molar-refractivity contribution < 1.29 is 13.2 Å². The Kier molecular flexibility index (Phi) is 6.42. The van der Waals surface area contributed by atoms with Crippen molar-refractivity contribution in [3.8, 4) is 0 Å². The van der Waals surface area contributed by atoms with Crippen molar-refractivity contribution in [1.29, 1.82) is 0 Å². The molecule has 0 aromatic heterocycles. The SMILES string of the molecule is CCCS(=O)(=O)Nc1cccc(C(=O)N(C)Cc2ccc(C)cc2C)c1. The Bertz CT molecular complexity index is 892. The maximum atomic E-state index is 12.7. The van der Waals surface area contributed by atoms with Crippen LogP contribution in [0.4, 0.5) is 5.69 Å². The highest BCUT2D eigenvalue weighted by Crippen LogP contribution is 2.17. The predicted octanol–water partition coefficient (Wildman–Crippen LogP) is 3.73. The molecule has 0 saturated carbocycles. The van der Waals surface area contributed by atoms with Gasteiger partial charge in [-0.25, -0.2) is 8.42 Å². The van der Waals surface area contributed by atoms with Gasteiger partial charge in [0.1, 0.15) is 0 Å². The summed E-state index contributed by atoms with van der Waals surface area (Å²) in [7, 11) is -1.63. The lowest BCUT2D eigenvalue weighted by Gasteiger charge is -2.19. The normalized spacial score (nSPS) is 11.2. The first-order valence-corrected chi connectivity index (χ1v) is 10.3. The van der Waals surface area contributed by atoms with Crippen molar-refractivity contribution >= 4 is 21.6 Å². The number of hydrogen-bond acceptors (Lipinski definition) is 3. The van der Waals surface area contributed by atoms with E-state index in [0.29, 0.717) is 24.2 Å². The Morgan fingerprint density at radius 3 is 2.50 bits per heavy atom. The lowest BCUT2D eigenvalue weighted by Crippen LogP contribution is -2.26. The summed E-state index contributed by atoms with van der Waals surface area (Å²) in [6, 6.07) is 12.8. The van der Waals surface area contributed by atoms with E-state index in [4.69, 9.17) is 0 Å². The molecule has 6 heteroatoms. The van der Waals surface area contributed by atoms with Crippen molar-refractivity contribution in [1.82, 2.24) is 4.90 Å². The monoisotopic (exact) mass is 374 g/mol. The van der Waals surface area contributed by atoms with Crippen molar-refractivity contribution in [3.05, 3.63) is 64.7 Å². The molecule has 1 amide bonds. The van der Waals surface area contributed by atoms with Gasteiger partial charge in [-0.05, 0) is 49.6 Å². The van der Waals surface area contributed by atoms with E-state index < -0.39 is 10.0 Å². The standard InChI is InChI=1S/C20H26N2O3S/c1-5-11-26(24,25)21-19-8-6-7-17(13-19)20(23)22(4)14-18-10-9-15(2)12-16(18)3/h6-10,12-13,21H,5,11,14H2,1-4H3. The van der Waals surface area contributed by atoms with Crippen LogP contribution < -0.4 is 4.72 Å². The fraction of sp³-hybridized carbons (Fsp3) is 0.350. The van der Waals surface area contributed by atoms with Crippen LogP contribution in [-0.4, -0.2) is 32.0 Å². The number of nitrogens with one attached hydrogen (secondary N) is 1. The second-order valence-electron chi connectivity index (χ2n) is 6.59. The summed E-state index contributed by atoms with van der Waals surface area (Å²) in [5.74, 6) is -0.0980. The smallest absolute Gasteiger partial charge is 0.253 e. The van der Waals surface area contributed by atoms with Gasteiger partial charge in [0.25, 0.3) is 5.91 Å². The summed E-state index contributed by atoms with van der Waals surface area (Å²) < 4.78 is 26.3. The molecular weight excluding hydrogens is 348 g/mol. The molecule has 0 aliphatic carbocycles. The van der Waals surface area contributed by atoms with Gasteiger partial charge in [-0.15, -0.1) is 0 Å². The minimum absolute atomic E-state index is 0.0534. The summed E-state index contributed by atoms with van der Waals surface area (Å²) >= 11 is 0. The molecule has 0 saturated heterocycles. The summed E-state index contributed by atoms with van der Waals surface area (Å²) in [5, 5.41) is 0. The molecule has 2 aromatic carbocycles. The van der Waals surface area contributed by atoms with E-state index in [2.05, 4.69) is 10.8 Å². The Morgan fingerprint density at radius 2 is 1.85 bits per heavy atom. The van der Waals surface area contributed by atoms with Crippen LogP contribution in [0.15, 0.2) is 42.5 Å². The second kappa shape index (κ2) is 8.36. The van der Waals surface area contributed by atoms with Crippen LogP contribution in [0.2, 0.25) is 0 Å². The van der Waals surface area contributed by atoms with Gasteiger partial charge >= 0.3 is 0 Å². The molecule has 0 aliphatic rings. The molecule has 0 atom stereocenters. The van der Waals surface area contributed by atoms with Crippen molar-refractivity contribution in [2.45, 2.75) is 33.7 Å². The maximum absolute atomic E-state index is 12.7. The maximum Gasteiger partial charge on any atom is 0.253 e. The number of anilines is 1. The van der Waals surface area contributed by atoms with Crippen molar-refractivity contribution in [3.63, 3.8) is 0 Å². The van der Waals surface area contributed by atoms with Crippen LogP contribution in [0.5, 0.6) is 0 Å². The topological polar surface area (TPSA) is 66.5 Å². The van der Waals surface area contributed by atoms with Crippen molar-refractivity contribution in [2.75, 3.05) is 17.5 Å². The number of sulfonamides is 1. The van der Waals surface area contributed by atoms with E-state index in [1.165, 1.54) is 5.56 Å². The third-order valence-corrected chi connectivity index (χ3v) is 5.60. The van der Waals surface area contributed by atoms with E-state index in [-0.39, 0.29) is 11.7 Å². The van der Waals surface area contributed by atoms with Crippen molar-refractivity contribution in [2.24, 2.45) is 0 Å². The van der Waals surface area contributed by atoms with Gasteiger partial charge in [0.15, 0.2) is 0 Å². The molecule has 5 nitrogen and oxygen atoms in total. The molecule has 140 valence electrons. The third kappa shape index (κ3) is 5.33. The number of hydrogen-bond donors (Lipinski definition) is 1. The van der Waals surface area contributed by atoms with Gasteiger partial charge in [0.2, 0.25) is 10.0 Å². The zero-order chi connectivity index (χ0) is 19.3. The molecule has 2 rings (SSSR count). The average molecular weight is 375 g/mol. The van der Waals surface area contributed by atoms with E-state index in [1.54, 1.807) is 43.1 Å². The first-order chi connectivity index (χ1) is 12.2. The molecule has 0 aliphatic heterocycles. The van der Waals surface area contributed by atoms with Crippen LogP contribution in [0.3, 0.4) is 0 Å². The number of carbonyl (C=O) groups is 1. The Morgan fingerprint density at radius 1 is 1.12 bits per heavy atom. The zero-order valence-corrected chi connectivity index (χ0v) is 16.6. The number of amides is 1. The van der Waals surface area contributed by atoms with E-state index in [0.717, 1.165) is 11.1 Å². The van der Waals surface area contributed by atoms with Gasteiger partial charge < -0.3 is 4.90 Å². The van der Waals surface area contributed by atoms with Crippen LogP contribution in [-0.2, 0) is 16.6 Å². The minimum atomic E-state index is -3.38. The highest BCUT2D eigenvalue weighted by Gasteiger charge is 2.15. The van der Waals surface area contributed by atoms with E-state index in [9.17, 15) is 13.2 Å². The predicted molar refractivity (Wildman–Crippen MR) is 106 cm³/mol. The summed E-state index contributed by atoms with van der Waals surface area (Å²) in [4.78, 5) is 14.4. The third-order valence-electron chi connectivity index (χ3n) is 4.11. The van der Waals surface area contributed by atoms with Crippen LogP contribution in [0.1, 0.15) is 40.4 Å². The summed E-state index contributed by atoms with van der Waals surface area (Å²) in [6.07, 6.45) is 0.534. The Hall–Kier alpha value is -2.34. The first kappa shape index (κ1) is 20.0. The zero-order valence-electron chi connectivity index (χ0n) is 15.7. The fourth-order valence-corrected chi connectivity index (χ4v) is 3.91. The number of benzene rings is 2. The van der Waals surface area contributed by atoms with Gasteiger partial charge in [0.05, 0.1) is 5.75 Å². The lowest BCUT2D eigenvalue weighted by atomic mass is 10.1. The average Bonchev–Trinajstić information content (AvgIpc) is 2.56. The quantitative estimate of drug-likeness (QED) is 0.803. The lowest BCUT2D eigenvalue weighted by molar-refractivity contribution is 0.0785. The minimum Gasteiger partial charge on any atom is -0.337 e. The van der Waals surface area contributed by atoms with E-state index >= 15 is 0 Å². The van der Waals surface area contributed by atoms with Gasteiger partial charge in [-0.1, -0.05) is 36.8 Å². The van der Waals surface area contributed by atoms with E-state index in [1.807, 2.05) is 26.0 Å². The van der Waals surface area contributed by atoms with Gasteiger partial charge in [-0.2, -0.15) is 0 Å². The number of aryl methyl sites for hydroxylation is 2. The highest BCUT2D eigenvalue weighted by molar-refractivity contribution is 7.92. The molecule has 1 N–H and O–H groups in total. The highest BCUT2D eigenvalue weighted by atomic mass is 32.2. The molecule has 0 unspecified atom stereocenters. The first-order valence-electron chi connectivity index (χ1n) is 8.64. The molecule has 0 fully saturated rings. The fourth-order valence-electron chi connectivity index (χ4n) is 2.79. The van der Waals surface area contributed by atoms with Gasteiger partial charge in [-0.3, -0.25) is 9.52 Å². The number of rotatable bonds is 7. The molecule has 0 heterocycles. The molecule has 26 heavy (non-hydrogen) atoms. The molecular formula is C20H26N2O3S. The summed E-state index contributed by atoms with van der Waals surface area (Å²) in [6.45, 7) is 6.37. The molecule has 0 bridgehead atoms. The largest absolute Gasteiger partial charge is 0.337 e. The molecule has 0 radical (unpaired) electrons. The Labute approximate surface area is 156 Å². The number of carbonyl (C=O) groups excluding carboxylic acids is 1. The Balaban J connectivity index is 2.14. The second-order valence-corrected chi connectivity index (χ2v) is 8.43. The molecule has 2 aromatic rings. The van der Waals surface area contributed by atoms with Crippen LogP contribution >= 0.6 is 0 Å². The molecule has 0 spiro atoms. The van der Waals surface area contributed by atoms with Crippen LogP contribution in [0.25, 0.3) is 0 Å². The van der Waals surface area contributed by atoms with Crippen LogP contribution in [0, 0.1) is 13.8 Å². The van der Waals surface area contributed by atoms with Gasteiger partial charge in [0, 0.05) is 24.8 Å². The summed E-state index contributed by atoms with van der Waals surface area (Å²) in [5.41, 5.74) is 4.28.